The molecule has 8 heteroatoms. The molecular formula is C17H24ClFN2O3S. The zero-order chi connectivity index (χ0) is 18.9. The maximum atomic E-state index is 13.2. The lowest BCUT2D eigenvalue weighted by Crippen LogP contribution is -2.58. The molecule has 1 saturated heterocycles. The summed E-state index contributed by atoms with van der Waals surface area (Å²) in [6.45, 7) is 4.88. The van der Waals surface area contributed by atoms with Gasteiger partial charge in [0.2, 0.25) is 5.91 Å². The Hall–Kier alpha value is -1.18. The van der Waals surface area contributed by atoms with E-state index in [1.165, 1.54) is 12.1 Å². The van der Waals surface area contributed by atoms with E-state index in [4.69, 9.17) is 11.6 Å². The lowest BCUT2D eigenvalue weighted by molar-refractivity contribution is -0.124. The van der Waals surface area contributed by atoms with Gasteiger partial charge in [0.1, 0.15) is 5.82 Å². The van der Waals surface area contributed by atoms with Crippen molar-refractivity contribution >= 4 is 27.3 Å². The van der Waals surface area contributed by atoms with Gasteiger partial charge in [-0.2, -0.15) is 0 Å². The van der Waals surface area contributed by atoms with Gasteiger partial charge in [-0.05, 0) is 43.6 Å². The van der Waals surface area contributed by atoms with Gasteiger partial charge in [-0.15, -0.1) is 0 Å². The van der Waals surface area contributed by atoms with Gasteiger partial charge in [0.25, 0.3) is 0 Å². The Labute approximate surface area is 153 Å². The van der Waals surface area contributed by atoms with E-state index in [-0.39, 0.29) is 24.4 Å². The molecule has 1 aliphatic rings. The van der Waals surface area contributed by atoms with Crippen LogP contribution in [-0.2, 0) is 20.0 Å². The molecule has 1 heterocycles. The maximum absolute atomic E-state index is 13.2. The summed E-state index contributed by atoms with van der Waals surface area (Å²) in [4.78, 5) is 12.8. The molecule has 0 aromatic heterocycles. The van der Waals surface area contributed by atoms with Crippen molar-refractivity contribution < 1.29 is 17.6 Å². The molecule has 0 aliphatic carbocycles. The SMILES string of the molecule is CC(C)(CNC(=O)C1(S(C)(=O)=O)CCNCC1)c1ccc(F)cc1Cl. The number of rotatable bonds is 5. The molecule has 0 spiro atoms. The first-order valence-corrected chi connectivity index (χ1v) is 10.4. The quantitative estimate of drug-likeness (QED) is 0.806. The van der Waals surface area contributed by atoms with Crippen LogP contribution in [0.2, 0.25) is 5.02 Å². The highest BCUT2D eigenvalue weighted by atomic mass is 35.5. The molecule has 1 fully saturated rings. The van der Waals surface area contributed by atoms with Gasteiger partial charge in [-0.3, -0.25) is 4.79 Å². The molecule has 1 aromatic carbocycles. The van der Waals surface area contributed by atoms with Crippen molar-refractivity contribution in [1.29, 1.82) is 0 Å². The fourth-order valence-corrected chi connectivity index (χ4v) is 4.97. The van der Waals surface area contributed by atoms with Crippen molar-refractivity contribution in [2.75, 3.05) is 25.9 Å². The monoisotopic (exact) mass is 390 g/mol. The molecule has 0 bridgehead atoms. The molecule has 0 radical (unpaired) electrons. The van der Waals surface area contributed by atoms with Crippen molar-refractivity contribution in [3.8, 4) is 0 Å². The Balaban J connectivity index is 2.19. The number of hydrogen-bond donors (Lipinski definition) is 2. The van der Waals surface area contributed by atoms with E-state index >= 15 is 0 Å². The topological polar surface area (TPSA) is 75.3 Å². The van der Waals surface area contributed by atoms with Gasteiger partial charge in [0.15, 0.2) is 14.6 Å². The predicted octanol–water partition coefficient (Wildman–Crippen LogP) is 2.04. The summed E-state index contributed by atoms with van der Waals surface area (Å²) in [6.07, 6.45) is 1.60. The summed E-state index contributed by atoms with van der Waals surface area (Å²) in [6, 6.07) is 4.13. The third kappa shape index (κ3) is 4.15. The molecule has 0 unspecified atom stereocenters. The van der Waals surface area contributed by atoms with Crippen molar-refractivity contribution in [2.45, 2.75) is 36.9 Å². The van der Waals surface area contributed by atoms with Crippen LogP contribution >= 0.6 is 11.6 Å². The maximum Gasteiger partial charge on any atom is 0.241 e. The van der Waals surface area contributed by atoms with E-state index < -0.39 is 31.7 Å². The van der Waals surface area contributed by atoms with Gasteiger partial charge < -0.3 is 10.6 Å². The van der Waals surface area contributed by atoms with Gasteiger partial charge >= 0.3 is 0 Å². The molecule has 2 N–H and O–H groups in total. The number of carbonyl (C=O) groups excluding carboxylic acids is 1. The molecule has 1 aromatic rings. The van der Waals surface area contributed by atoms with Crippen LogP contribution in [0.5, 0.6) is 0 Å². The first-order chi connectivity index (χ1) is 11.5. The first kappa shape index (κ1) is 20.1. The van der Waals surface area contributed by atoms with Crippen molar-refractivity contribution in [2.24, 2.45) is 0 Å². The number of halogens is 2. The molecule has 0 saturated carbocycles. The van der Waals surface area contributed by atoms with E-state index in [1.54, 1.807) is 6.07 Å². The van der Waals surface area contributed by atoms with Crippen LogP contribution < -0.4 is 10.6 Å². The number of carbonyl (C=O) groups is 1. The van der Waals surface area contributed by atoms with Crippen LogP contribution in [0, 0.1) is 5.82 Å². The minimum Gasteiger partial charge on any atom is -0.354 e. The normalized spacial score (nSPS) is 18.0. The summed E-state index contributed by atoms with van der Waals surface area (Å²) in [7, 11) is -3.56. The summed E-state index contributed by atoms with van der Waals surface area (Å²) in [5.74, 6) is -0.915. The summed E-state index contributed by atoms with van der Waals surface area (Å²) in [5, 5.41) is 6.14. The Kier molecular flexibility index (Phi) is 5.81. The lowest BCUT2D eigenvalue weighted by Gasteiger charge is -2.36. The highest BCUT2D eigenvalue weighted by molar-refractivity contribution is 7.92. The largest absolute Gasteiger partial charge is 0.354 e. The smallest absolute Gasteiger partial charge is 0.241 e. The third-order valence-corrected chi connectivity index (χ3v) is 7.21. The Morgan fingerprint density at radius 1 is 1.36 bits per heavy atom. The first-order valence-electron chi connectivity index (χ1n) is 8.14. The number of amides is 1. The predicted molar refractivity (Wildman–Crippen MR) is 97.1 cm³/mol. The summed E-state index contributed by atoms with van der Waals surface area (Å²) >= 11 is 6.12. The van der Waals surface area contributed by atoms with Gasteiger partial charge in [0, 0.05) is 23.2 Å². The zero-order valence-electron chi connectivity index (χ0n) is 14.7. The Morgan fingerprint density at radius 3 is 2.48 bits per heavy atom. The molecule has 25 heavy (non-hydrogen) atoms. The van der Waals surface area contributed by atoms with Crippen LogP contribution in [0.3, 0.4) is 0 Å². The Morgan fingerprint density at radius 2 is 1.96 bits per heavy atom. The summed E-state index contributed by atoms with van der Waals surface area (Å²) < 4.78 is 36.4. The van der Waals surface area contributed by atoms with E-state index in [0.29, 0.717) is 18.7 Å². The zero-order valence-corrected chi connectivity index (χ0v) is 16.2. The van der Waals surface area contributed by atoms with Crippen LogP contribution in [0.4, 0.5) is 4.39 Å². The highest BCUT2D eigenvalue weighted by Crippen LogP contribution is 2.31. The molecule has 2 rings (SSSR count). The molecule has 1 amide bonds. The van der Waals surface area contributed by atoms with Crippen molar-refractivity contribution in [1.82, 2.24) is 10.6 Å². The number of sulfone groups is 1. The minimum atomic E-state index is -3.56. The average molecular weight is 391 g/mol. The molecule has 140 valence electrons. The number of piperidine rings is 1. The molecule has 1 aliphatic heterocycles. The van der Waals surface area contributed by atoms with Gasteiger partial charge in [0.05, 0.1) is 0 Å². The van der Waals surface area contributed by atoms with E-state index in [9.17, 15) is 17.6 Å². The number of nitrogens with one attached hydrogen (secondary N) is 2. The second kappa shape index (κ2) is 7.21. The third-order valence-electron chi connectivity index (χ3n) is 4.89. The van der Waals surface area contributed by atoms with E-state index in [0.717, 1.165) is 6.26 Å². The number of hydrogen-bond acceptors (Lipinski definition) is 4. The van der Waals surface area contributed by atoms with Gasteiger partial charge in [-0.25, -0.2) is 12.8 Å². The van der Waals surface area contributed by atoms with Crippen LogP contribution in [-0.4, -0.2) is 45.0 Å². The van der Waals surface area contributed by atoms with Crippen molar-refractivity contribution in [3.05, 3.63) is 34.6 Å². The second-order valence-corrected chi connectivity index (χ2v) is 9.94. The standard InChI is InChI=1S/C17H24ClFN2O3S/c1-16(2,13-5-4-12(19)10-14(13)18)11-21-15(22)17(25(3,23)24)6-8-20-9-7-17/h4-5,10,20H,6-9,11H2,1-3H3,(H,21,22). The lowest BCUT2D eigenvalue weighted by atomic mass is 9.84. The highest BCUT2D eigenvalue weighted by Gasteiger charge is 2.48. The molecule has 5 nitrogen and oxygen atoms in total. The molecule has 0 atom stereocenters. The second-order valence-electron chi connectivity index (χ2n) is 7.21. The van der Waals surface area contributed by atoms with Gasteiger partial charge in [-0.1, -0.05) is 31.5 Å². The fourth-order valence-electron chi connectivity index (χ4n) is 3.19. The van der Waals surface area contributed by atoms with Crippen LogP contribution in [0.25, 0.3) is 0 Å². The number of benzene rings is 1. The molecular weight excluding hydrogens is 367 g/mol. The Bertz CT molecular complexity index is 759. The van der Waals surface area contributed by atoms with Crippen LogP contribution in [0.15, 0.2) is 18.2 Å². The van der Waals surface area contributed by atoms with E-state index in [1.807, 2.05) is 13.8 Å². The fraction of sp³-hybridized carbons (Fsp3) is 0.588. The minimum absolute atomic E-state index is 0.196. The summed E-state index contributed by atoms with van der Waals surface area (Å²) in [5.41, 5.74) is 0.112. The van der Waals surface area contributed by atoms with Crippen LogP contribution in [0.1, 0.15) is 32.3 Å². The van der Waals surface area contributed by atoms with E-state index in [2.05, 4.69) is 10.6 Å². The average Bonchev–Trinajstić information content (AvgIpc) is 2.52. The van der Waals surface area contributed by atoms with Crippen molar-refractivity contribution in [3.63, 3.8) is 0 Å².